The van der Waals surface area contributed by atoms with E-state index in [0.29, 0.717) is 0 Å². The van der Waals surface area contributed by atoms with E-state index in [-0.39, 0.29) is 18.1 Å². The van der Waals surface area contributed by atoms with Crippen LogP contribution in [0, 0.1) is 5.92 Å². The number of nitrogens with zero attached hydrogens (tertiary/aromatic N) is 1. The molecule has 2 rings (SSSR count). The summed E-state index contributed by atoms with van der Waals surface area (Å²) >= 11 is 0. The first-order chi connectivity index (χ1) is 10.9. The summed E-state index contributed by atoms with van der Waals surface area (Å²) in [5, 5.41) is 9.33. The second kappa shape index (κ2) is 7.68. The lowest BCUT2D eigenvalue weighted by atomic mass is 9.90. The van der Waals surface area contributed by atoms with Gasteiger partial charge in [-0.15, -0.1) is 0 Å². The molecule has 0 aliphatic carbocycles. The standard InChI is InChI=1S/C18H27NO4/c1-12(2)23-16-8-7-14(10-17(16)22-4)11-19-9-5-6-15(13(19)3)18(20)21/h7-8,10,12-13,15H,5-6,9,11H2,1-4H3,(H,20,21)/t13-,15-/m0/s1. The van der Waals surface area contributed by atoms with Crippen LogP contribution in [-0.4, -0.2) is 41.8 Å². The van der Waals surface area contributed by atoms with E-state index in [1.54, 1.807) is 7.11 Å². The Balaban J connectivity index is 2.11. The molecule has 1 aromatic rings. The number of hydrogen-bond acceptors (Lipinski definition) is 4. The highest BCUT2D eigenvalue weighted by atomic mass is 16.5. The molecule has 1 aliphatic heterocycles. The molecule has 1 fully saturated rings. The van der Waals surface area contributed by atoms with E-state index in [4.69, 9.17) is 9.47 Å². The molecule has 1 heterocycles. The molecule has 0 radical (unpaired) electrons. The van der Waals surface area contributed by atoms with E-state index >= 15 is 0 Å². The van der Waals surface area contributed by atoms with Crippen molar-refractivity contribution in [2.75, 3.05) is 13.7 Å². The van der Waals surface area contributed by atoms with Gasteiger partial charge in [-0.25, -0.2) is 0 Å². The molecule has 0 unspecified atom stereocenters. The second-order valence-corrected chi connectivity index (χ2v) is 6.45. The maximum absolute atomic E-state index is 11.3. The Labute approximate surface area is 138 Å². The molecule has 0 bridgehead atoms. The number of aliphatic carboxylic acids is 1. The number of benzene rings is 1. The van der Waals surface area contributed by atoms with Crippen LogP contribution < -0.4 is 9.47 Å². The first-order valence-electron chi connectivity index (χ1n) is 8.22. The minimum Gasteiger partial charge on any atom is -0.493 e. The number of piperidine rings is 1. The Morgan fingerprint density at radius 2 is 2.13 bits per heavy atom. The molecular weight excluding hydrogens is 294 g/mol. The van der Waals surface area contributed by atoms with Crippen molar-refractivity contribution in [2.45, 2.75) is 52.3 Å². The Morgan fingerprint density at radius 1 is 1.39 bits per heavy atom. The van der Waals surface area contributed by atoms with Gasteiger partial charge in [0.2, 0.25) is 0 Å². The minimum absolute atomic E-state index is 0.0406. The second-order valence-electron chi connectivity index (χ2n) is 6.45. The van der Waals surface area contributed by atoms with Gasteiger partial charge < -0.3 is 14.6 Å². The maximum atomic E-state index is 11.3. The summed E-state index contributed by atoms with van der Waals surface area (Å²) < 4.78 is 11.2. The monoisotopic (exact) mass is 321 g/mol. The van der Waals surface area contributed by atoms with Gasteiger partial charge in [0.1, 0.15) is 0 Å². The zero-order valence-electron chi connectivity index (χ0n) is 14.4. The summed E-state index contributed by atoms with van der Waals surface area (Å²) in [4.78, 5) is 13.6. The zero-order chi connectivity index (χ0) is 17.0. The van der Waals surface area contributed by atoms with Crippen molar-refractivity contribution in [2.24, 2.45) is 5.92 Å². The number of carboxylic acids is 1. The largest absolute Gasteiger partial charge is 0.493 e. The van der Waals surface area contributed by atoms with Gasteiger partial charge in [-0.1, -0.05) is 6.07 Å². The zero-order valence-corrected chi connectivity index (χ0v) is 14.4. The first kappa shape index (κ1) is 17.6. The van der Waals surface area contributed by atoms with Crippen molar-refractivity contribution < 1.29 is 19.4 Å². The third-order valence-corrected chi connectivity index (χ3v) is 4.41. The van der Waals surface area contributed by atoms with Gasteiger partial charge in [-0.3, -0.25) is 9.69 Å². The van der Waals surface area contributed by atoms with Crippen LogP contribution in [0.3, 0.4) is 0 Å². The van der Waals surface area contributed by atoms with Gasteiger partial charge in [0.25, 0.3) is 0 Å². The predicted molar refractivity (Wildman–Crippen MR) is 89.0 cm³/mol. The number of likely N-dealkylation sites (tertiary alicyclic amines) is 1. The number of ether oxygens (including phenoxy) is 2. The normalized spacial score (nSPS) is 22.1. The van der Waals surface area contributed by atoms with Gasteiger partial charge in [0.15, 0.2) is 11.5 Å². The smallest absolute Gasteiger partial charge is 0.308 e. The lowest BCUT2D eigenvalue weighted by Gasteiger charge is -2.37. The van der Waals surface area contributed by atoms with Crippen LogP contribution in [0.25, 0.3) is 0 Å². The topological polar surface area (TPSA) is 59.0 Å². The van der Waals surface area contributed by atoms with Gasteiger partial charge in [0.05, 0.1) is 19.1 Å². The lowest BCUT2D eigenvalue weighted by Crippen LogP contribution is -2.45. The molecule has 1 saturated heterocycles. The van der Waals surface area contributed by atoms with Crippen molar-refractivity contribution in [1.82, 2.24) is 4.90 Å². The highest BCUT2D eigenvalue weighted by molar-refractivity contribution is 5.71. The van der Waals surface area contributed by atoms with E-state index in [1.807, 2.05) is 39.0 Å². The highest BCUT2D eigenvalue weighted by Crippen LogP contribution is 2.31. The van der Waals surface area contributed by atoms with Crippen LogP contribution in [0.1, 0.15) is 39.2 Å². The fourth-order valence-corrected chi connectivity index (χ4v) is 3.16. The van der Waals surface area contributed by atoms with E-state index in [1.165, 1.54) is 0 Å². The third kappa shape index (κ3) is 4.38. The molecule has 5 nitrogen and oxygen atoms in total. The Morgan fingerprint density at radius 3 is 2.74 bits per heavy atom. The fraction of sp³-hybridized carbons (Fsp3) is 0.611. The SMILES string of the molecule is COc1cc(CN2CCC[C@H](C(=O)O)[C@@H]2C)ccc1OC(C)C. The van der Waals surface area contributed by atoms with E-state index in [9.17, 15) is 9.90 Å². The highest BCUT2D eigenvalue weighted by Gasteiger charge is 2.32. The molecule has 23 heavy (non-hydrogen) atoms. The summed E-state index contributed by atoms with van der Waals surface area (Å²) in [5.41, 5.74) is 1.11. The Hall–Kier alpha value is -1.75. The van der Waals surface area contributed by atoms with Gasteiger partial charge >= 0.3 is 5.97 Å². The molecule has 1 N–H and O–H groups in total. The number of methoxy groups -OCH3 is 1. The van der Waals surface area contributed by atoms with Crippen molar-refractivity contribution >= 4 is 5.97 Å². The molecule has 128 valence electrons. The average molecular weight is 321 g/mol. The molecule has 2 atom stereocenters. The van der Waals surface area contributed by atoms with Crippen LogP contribution in [-0.2, 0) is 11.3 Å². The maximum Gasteiger partial charge on any atom is 0.308 e. The fourth-order valence-electron chi connectivity index (χ4n) is 3.16. The molecule has 0 aromatic heterocycles. The predicted octanol–water partition coefficient (Wildman–Crippen LogP) is 3.17. The first-order valence-corrected chi connectivity index (χ1v) is 8.22. The van der Waals surface area contributed by atoms with E-state index in [2.05, 4.69) is 4.90 Å². The number of carbonyl (C=O) groups is 1. The molecule has 1 aromatic carbocycles. The minimum atomic E-state index is -0.694. The van der Waals surface area contributed by atoms with Gasteiger partial charge in [-0.2, -0.15) is 0 Å². The summed E-state index contributed by atoms with van der Waals surface area (Å²) in [6.45, 7) is 7.62. The summed E-state index contributed by atoms with van der Waals surface area (Å²) in [6.07, 6.45) is 1.78. The Kier molecular flexibility index (Phi) is 5.88. The summed E-state index contributed by atoms with van der Waals surface area (Å²) in [7, 11) is 1.64. The van der Waals surface area contributed by atoms with Gasteiger partial charge in [0, 0.05) is 12.6 Å². The molecule has 5 heteroatoms. The van der Waals surface area contributed by atoms with Crippen molar-refractivity contribution in [3.05, 3.63) is 23.8 Å². The summed E-state index contributed by atoms with van der Waals surface area (Å²) in [5.74, 6) is 0.478. The molecule has 0 saturated carbocycles. The third-order valence-electron chi connectivity index (χ3n) is 4.41. The van der Waals surface area contributed by atoms with Crippen LogP contribution in [0.5, 0.6) is 11.5 Å². The molecule has 1 aliphatic rings. The molecule has 0 amide bonds. The number of rotatable bonds is 6. The lowest BCUT2D eigenvalue weighted by molar-refractivity contribution is -0.145. The Bertz CT molecular complexity index is 544. The number of carboxylic acid groups (broad SMARTS) is 1. The van der Waals surface area contributed by atoms with Crippen LogP contribution in [0.15, 0.2) is 18.2 Å². The van der Waals surface area contributed by atoms with Crippen molar-refractivity contribution in [3.63, 3.8) is 0 Å². The van der Waals surface area contributed by atoms with Crippen LogP contribution >= 0.6 is 0 Å². The average Bonchev–Trinajstić information content (AvgIpc) is 2.50. The van der Waals surface area contributed by atoms with Gasteiger partial charge in [-0.05, 0) is 57.9 Å². The van der Waals surface area contributed by atoms with Crippen molar-refractivity contribution in [1.29, 1.82) is 0 Å². The summed E-state index contributed by atoms with van der Waals surface area (Å²) in [6, 6.07) is 5.97. The molecular formula is C18H27NO4. The van der Waals surface area contributed by atoms with Crippen molar-refractivity contribution in [3.8, 4) is 11.5 Å². The van der Waals surface area contributed by atoms with Crippen LogP contribution in [0.2, 0.25) is 0 Å². The molecule has 0 spiro atoms. The van der Waals surface area contributed by atoms with E-state index < -0.39 is 5.97 Å². The van der Waals surface area contributed by atoms with Crippen LogP contribution in [0.4, 0.5) is 0 Å². The number of hydrogen-bond donors (Lipinski definition) is 1. The quantitative estimate of drug-likeness (QED) is 0.872. The van der Waals surface area contributed by atoms with E-state index in [0.717, 1.165) is 43.0 Å².